The molecule has 16 N–H and O–H groups in total. The van der Waals surface area contributed by atoms with Gasteiger partial charge in [0, 0.05) is 84.8 Å². The fourth-order valence-corrected chi connectivity index (χ4v) is 17.9. The topological polar surface area (TPSA) is 427 Å². The van der Waals surface area contributed by atoms with Crippen molar-refractivity contribution in [1.29, 1.82) is 0 Å². The van der Waals surface area contributed by atoms with Crippen LogP contribution in [0.4, 0.5) is 0 Å². The van der Waals surface area contributed by atoms with Crippen molar-refractivity contribution in [1.82, 2.24) is 51.5 Å². The maximum atomic E-state index is 13.1. The van der Waals surface area contributed by atoms with Gasteiger partial charge in [-0.25, -0.2) is 14.4 Å². The van der Waals surface area contributed by atoms with E-state index in [1.165, 1.54) is 38.5 Å². The maximum absolute atomic E-state index is 13.1. The van der Waals surface area contributed by atoms with Crippen LogP contribution in [0.3, 0.4) is 0 Å². The van der Waals surface area contributed by atoms with Crippen LogP contribution in [0.1, 0.15) is 167 Å². The predicted molar refractivity (Wildman–Crippen MR) is 389 cm³/mol. The summed E-state index contributed by atoms with van der Waals surface area (Å²) >= 11 is 0. The summed E-state index contributed by atoms with van der Waals surface area (Å²) in [6.07, 6.45) is 13.6. The number of carboxylic acids is 3. The minimum Gasteiger partial charge on any atom is -0.480 e. The van der Waals surface area contributed by atoms with Crippen molar-refractivity contribution in [2.24, 2.45) is 52.1 Å². The van der Waals surface area contributed by atoms with Gasteiger partial charge in [-0.2, -0.15) is 0 Å². The van der Waals surface area contributed by atoms with E-state index in [4.69, 9.17) is 5.73 Å². The average molecular weight is 1440 g/mol. The molecule has 30 heteroatoms. The quantitative estimate of drug-likeness (QED) is 0.0323. The van der Waals surface area contributed by atoms with Gasteiger partial charge in [0.1, 0.15) is 18.1 Å². The van der Waals surface area contributed by atoms with Crippen molar-refractivity contribution in [3.63, 3.8) is 0 Å². The molecule has 28 nitrogen and oxygen atoms in total. The molecule has 10 unspecified atom stereocenters. The van der Waals surface area contributed by atoms with E-state index in [9.17, 15) is 83.7 Å². The van der Waals surface area contributed by atoms with Crippen LogP contribution in [0.15, 0.2) is 48.5 Å². The molecule has 0 spiro atoms. The summed E-state index contributed by atoms with van der Waals surface area (Å²) in [6.45, 7) is 12.7. The van der Waals surface area contributed by atoms with Crippen molar-refractivity contribution >= 4 is 78.5 Å². The van der Waals surface area contributed by atoms with Crippen molar-refractivity contribution in [3.8, 4) is 0 Å². The molecule has 2 aromatic rings. The van der Waals surface area contributed by atoms with E-state index in [-0.39, 0.29) is 61.5 Å². The second-order valence-electron chi connectivity index (χ2n) is 30.3. The van der Waals surface area contributed by atoms with E-state index < -0.39 is 86.5 Å². The number of unbranched alkanes of at least 4 members (excludes halogenated alkanes) is 2. The molecule has 6 fully saturated rings. The molecule has 2 heterocycles. The van der Waals surface area contributed by atoms with E-state index in [0.29, 0.717) is 144 Å². The number of rotatable bonds is 36. The number of carboxylic acid groups (broad SMARTS) is 3. The molecule has 6 amide bonds. The van der Waals surface area contributed by atoms with Crippen LogP contribution in [0.5, 0.6) is 0 Å². The van der Waals surface area contributed by atoms with Gasteiger partial charge in [0.25, 0.3) is 0 Å². The molecule has 14 atom stereocenters. The van der Waals surface area contributed by atoms with Gasteiger partial charge in [-0.05, 0) is 192 Å². The number of hydrogen-bond donors (Lipinski definition) is 15. The molecule has 2 aromatic carbocycles. The Balaban J connectivity index is 0.000000366. The summed E-state index contributed by atoms with van der Waals surface area (Å²) in [6, 6.07) is 8.86. The molecule has 103 heavy (non-hydrogen) atoms. The predicted octanol–water partition coefficient (Wildman–Crippen LogP) is 0.317. The van der Waals surface area contributed by atoms with Crippen molar-refractivity contribution in [3.05, 3.63) is 59.7 Å². The number of carbonyl (C=O) groups is 9. The Bertz CT molecular complexity index is 3140. The lowest BCUT2D eigenvalue weighted by molar-refractivity contribution is -0.146. The number of aliphatic hydroxyl groups is 1. The third-order valence-corrected chi connectivity index (χ3v) is 23.9. The van der Waals surface area contributed by atoms with Crippen LogP contribution in [0.25, 0.3) is 0 Å². The number of aliphatic hydroxyl groups excluding tert-OH is 1. The summed E-state index contributed by atoms with van der Waals surface area (Å²) in [4.78, 5) is 121. The molecule has 2 saturated heterocycles. The van der Waals surface area contributed by atoms with Gasteiger partial charge in [0.2, 0.25) is 35.4 Å². The SMILES string of the molecule is CNC(CCCCN)C(=O)NC(CC(=O)N1CCN(Cc2ccccc2B(O)O)CC1)C(=O)O.CNC(CCCCNC(=O)CCC(NC(=O)CCC(C)C1CCC2C3CC[C@H]4C[C@@H](O)CC[C@@]4(C)C3CC[C@@]12C)C(=O)O)C(=O)NC(CC(=O)N1CCN(Cc2ccccc2B(O)O)CC1)C(=O)O. The summed E-state index contributed by atoms with van der Waals surface area (Å²) < 4.78 is 0. The zero-order valence-electron chi connectivity index (χ0n) is 61.2. The third-order valence-electron chi connectivity index (χ3n) is 23.9. The van der Waals surface area contributed by atoms with Gasteiger partial charge in [-0.1, -0.05) is 75.7 Å². The highest BCUT2D eigenvalue weighted by molar-refractivity contribution is 6.59. The minimum absolute atomic E-state index is 0.0518. The monoisotopic (exact) mass is 1440 g/mol. The van der Waals surface area contributed by atoms with Gasteiger partial charge in [0.15, 0.2) is 0 Å². The van der Waals surface area contributed by atoms with E-state index in [2.05, 4.69) is 62.5 Å². The molecular weight excluding hydrogens is 1320 g/mol. The van der Waals surface area contributed by atoms with E-state index in [1.807, 2.05) is 24.3 Å². The van der Waals surface area contributed by atoms with Crippen LogP contribution in [0.2, 0.25) is 0 Å². The Morgan fingerprint density at radius 2 is 1.02 bits per heavy atom. The van der Waals surface area contributed by atoms with Crippen molar-refractivity contribution < 1.29 is 83.7 Å². The highest BCUT2D eigenvalue weighted by Gasteiger charge is 2.60. The van der Waals surface area contributed by atoms with Crippen LogP contribution >= 0.6 is 0 Å². The second-order valence-corrected chi connectivity index (χ2v) is 30.3. The molecular formula is C73H117B2N11O17. The highest BCUT2D eigenvalue weighted by atomic mass is 16.4. The largest absolute Gasteiger partial charge is 0.488 e. The summed E-state index contributed by atoms with van der Waals surface area (Å²) in [5, 5.41) is 94.4. The first-order chi connectivity index (χ1) is 49.1. The van der Waals surface area contributed by atoms with Crippen molar-refractivity contribution in [2.45, 2.75) is 205 Å². The third kappa shape index (κ3) is 23.4. The Hall–Kier alpha value is -6.60. The standard InChI is InChI=1S/C51H81BN6O11.C22H36BN5O6/c1-32(37-15-16-38-36-14-13-34-29-35(59)20-22-50(34,2)39(36)21-23-51(37,38)3)12-18-45(61)55-42(48(64)65)17-19-44(60)54-24-8-7-11-41(53-4)47(63)56-43(49(66)67)30-46(62)58-27-25-57(26-28-58)31-33-9-5-6-10-40(33)52(68)69;1-25-18(8-4-5-9-24)21(30)26-19(22(31)32)14-20(29)28-12-10-27(11-13-28)15-16-6-2-3-7-17(16)23(33)34/h5-6,9-10,32,34-39,41-43,53,59,68-69H,7-8,11-31H2,1-4H3,(H,54,60)(H,55,61)(H,56,63)(H,64,65)(H,66,67);2-3,6-7,18-19,25,33-34H,4-5,8-15,24H2,1H3,(H,26,30)(H,31,32)/t32?,34-,35-,36?,37?,38?,39?,41?,42?,43?,50+,51-;/m0./s1. The first kappa shape index (κ1) is 83.7. The Labute approximate surface area is 607 Å². The number of benzene rings is 2. The van der Waals surface area contributed by atoms with Gasteiger partial charge in [-0.3, -0.25) is 38.6 Å². The minimum atomic E-state index is -1.60. The summed E-state index contributed by atoms with van der Waals surface area (Å²) in [7, 11) is 0.0636. The Morgan fingerprint density at radius 3 is 1.50 bits per heavy atom. The lowest BCUT2D eigenvalue weighted by atomic mass is 9.44. The number of nitrogens with zero attached hydrogens (tertiary/aromatic N) is 4. The molecule has 4 aliphatic carbocycles. The number of nitrogens with two attached hydrogens (primary N) is 1. The van der Waals surface area contributed by atoms with E-state index in [0.717, 1.165) is 55.1 Å². The number of hydrogen-bond acceptors (Lipinski definition) is 19. The van der Waals surface area contributed by atoms with E-state index in [1.54, 1.807) is 48.2 Å². The molecule has 0 bridgehead atoms. The van der Waals surface area contributed by atoms with E-state index >= 15 is 0 Å². The number of fused-ring (bicyclic) bond motifs is 5. The molecule has 0 radical (unpaired) electrons. The zero-order chi connectivity index (χ0) is 75.1. The second kappa shape index (κ2) is 40.2. The number of likely N-dealkylation sites (N-methyl/N-ethyl adjacent to an activating group) is 2. The number of carbonyl (C=O) groups excluding carboxylic acids is 6. The summed E-state index contributed by atoms with van der Waals surface area (Å²) in [5.41, 5.74) is 8.49. The lowest BCUT2D eigenvalue weighted by Crippen LogP contribution is -2.54. The fraction of sp³-hybridized carbons (Fsp3) is 0.712. The lowest BCUT2D eigenvalue weighted by Gasteiger charge is -2.61. The van der Waals surface area contributed by atoms with Crippen LogP contribution in [-0.4, -0.2) is 244 Å². The average Bonchev–Trinajstić information content (AvgIpc) is 1.67. The van der Waals surface area contributed by atoms with Crippen LogP contribution in [0, 0.1) is 46.3 Å². The molecule has 8 rings (SSSR count). The maximum Gasteiger partial charge on any atom is 0.488 e. The zero-order valence-corrected chi connectivity index (χ0v) is 61.2. The highest BCUT2D eigenvalue weighted by Crippen LogP contribution is 2.68. The normalized spacial score (nSPS) is 25.1. The Kier molecular flexibility index (Phi) is 32.7. The number of amides is 6. The summed E-state index contributed by atoms with van der Waals surface area (Å²) in [5.74, 6) is -2.54. The molecule has 0 aromatic heterocycles. The first-order valence-electron chi connectivity index (χ1n) is 37.6. The van der Waals surface area contributed by atoms with Gasteiger partial charge < -0.3 is 88.0 Å². The Morgan fingerprint density at radius 1 is 0.544 bits per heavy atom. The van der Waals surface area contributed by atoms with Gasteiger partial charge >= 0.3 is 32.1 Å². The molecule has 4 saturated carbocycles. The number of aliphatic carboxylic acids is 3. The molecule has 572 valence electrons. The first-order valence-corrected chi connectivity index (χ1v) is 37.6. The molecule has 6 aliphatic rings. The smallest absolute Gasteiger partial charge is 0.480 e. The number of piperazine rings is 2. The fourth-order valence-electron chi connectivity index (χ4n) is 17.9. The van der Waals surface area contributed by atoms with Crippen LogP contribution < -0.4 is 48.6 Å². The van der Waals surface area contributed by atoms with Gasteiger partial charge in [0.05, 0.1) is 31.0 Å². The van der Waals surface area contributed by atoms with Gasteiger partial charge in [-0.15, -0.1) is 0 Å². The number of nitrogens with one attached hydrogen (secondary N) is 6. The van der Waals surface area contributed by atoms with Crippen molar-refractivity contribution in [2.75, 3.05) is 79.5 Å². The molecule has 2 aliphatic heterocycles. The van der Waals surface area contributed by atoms with Crippen LogP contribution in [-0.2, 0) is 56.2 Å².